The number of Topliss-reactive ketones (excluding diaryl/α,β-unsaturated/α-hetero) is 1. The van der Waals surface area contributed by atoms with Crippen molar-refractivity contribution >= 4 is 21.9 Å². The Labute approximate surface area is 227 Å². The van der Waals surface area contributed by atoms with Crippen molar-refractivity contribution in [1.29, 1.82) is 0 Å². The Morgan fingerprint density at radius 1 is 1.13 bits per heavy atom. The molecule has 0 saturated carbocycles. The first kappa shape index (κ1) is 30.5. The first-order valence-electron chi connectivity index (χ1n) is 12.5. The molecule has 214 valence electrons. The van der Waals surface area contributed by atoms with E-state index in [0.717, 1.165) is 0 Å². The summed E-state index contributed by atoms with van der Waals surface area (Å²) in [5.74, 6) is -5.89. The molecule has 2 aromatic rings. The molecule has 39 heavy (non-hydrogen) atoms. The third kappa shape index (κ3) is 7.52. The lowest BCUT2D eigenvalue weighted by atomic mass is 9.95. The Hall–Kier alpha value is -3.09. The number of hydrogen-bond donors (Lipinski definition) is 0. The number of benzene rings is 2. The van der Waals surface area contributed by atoms with Crippen molar-refractivity contribution in [1.82, 2.24) is 9.21 Å². The van der Waals surface area contributed by atoms with Gasteiger partial charge in [0.2, 0.25) is 15.8 Å². The maximum absolute atomic E-state index is 15.8. The third-order valence-electron chi connectivity index (χ3n) is 6.42. The molecule has 12 heteroatoms. The van der Waals surface area contributed by atoms with E-state index in [1.807, 2.05) is 0 Å². The predicted molar refractivity (Wildman–Crippen MR) is 137 cm³/mol. The molecule has 1 aliphatic rings. The Bertz CT molecular complexity index is 1220. The van der Waals surface area contributed by atoms with Gasteiger partial charge in [0.15, 0.2) is 0 Å². The molecule has 0 unspecified atom stereocenters. The highest BCUT2D eigenvalue weighted by Crippen LogP contribution is 2.29. The number of hydrogen-bond acceptors (Lipinski definition) is 7. The Morgan fingerprint density at radius 3 is 2.28 bits per heavy atom. The average molecular weight is 568 g/mol. The van der Waals surface area contributed by atoms with Gasteiger partial charge < -0.3 is 24.3 Å². The standard InChI is InChI=1S/C27H34F2N2O7S/c1-19(2)16-30(39(35,36)23-11-9-22(37-3)10-12-23)18-27(28,29)25(32)24(15-20-7-5-4-6-8-20)31(26(33)34)21-13-14-38-17-21/h4-12,19,21,24H,13-18H2,1-3H3,(H,33,34)/p-1/t21-,24+/m0/s1. The lowest BCUT2D eigenvalue weighted by Gasteiger charge is -2.39. The van der Waals surface area contributed by atoms with Gasteiger partial charge >= 0.3 is 5.92 Å². The predicted octanol–water partition coefficient (Wildman–Crippen LogP) is 2.59. The van der Waals surface area contributed by atoms with Crippen LogP contribution in [0.5, 0.6) is 5.75 Å². The maximum Gasteiger partial charge on any atom is 0.320 e. The zero-order chi connectivity index (χ0) is 28.8. The van der Waals surface area contributed by atoms with E-state index in [4.69, 9.17) is 9.47 Å². The Balaban J connectivity index is 1.98. The van der Waals surface area contributed by atoms with Crippen LogP contribution in [-0.4, -0.2) is 80.9 Å². The van der Waals surface area contributed by atoms with Crippen LogP contribution in [0.25, 0.3) is 0 Å². The summed E-state index contributed by atoms with van der Waals surface area (Å²) < 4.78 is 69.2. The number of amides is 1. The second-order valence-electron chi connectivity index (χ2n) is 9.83. The quantitative estimate of drug-likeness (QED) is 0.365. The summed E-state index contributed by atoms with van der Waals surface area (Å²) in [5.41, 5.74) is 0.460. The maximum atomic E-state index is 15.8. The molecule has 3 rings (SSSR count). The minimum Gasteiger partial charge on any atom is -0.530 e. The highest BCUT2D eigenvalue weighted by atomic mass is 32.2. The van der Waals surface area contributed by atoms with E-state index in [9.17, 15) is 23.1 Å². The van der Waals surface area contributed by atoms with Crippen molar-refractivity contribution in [2.75, 3.05) is 33.4 Å². The van der Waals surface area contributed by atoms with Crippen molar-refractivity contribution < 1.29 is 41.4 Å². The highest BCUT2D eigenvalue weighted by Gasteiger charge is 2.49. The number of carbonyl (C=O) groups is 2. The van der Waals surface area contributed by atoms with E-state index in [-0.39, 0.29) is 43.4 Å². The highest BCUT2D eigenvalue weighted by molar-refractivity contribution is 7.89. The summed E-state index contributed by atoms with van der Waals surface area (Å²) in [5, 5.41) is 12.2. The minimum atomic E-state index is -4.44. The monoisotopic (exact) mass is 567 g/mol. The molecular weight excluding hydrogens is 534 g/mol. The summed E-state index contributed by atoms with van der Waals surface area (Å²) in [6.07, 6.45) is -1.90. The van der Waals surface area contributed by atoms with Gasteiger partial charge in [0, 0.05) is 19.6 Å². The second kappa shape index (κ2) is 12.8. The second-order valence-corrected chi connectivity index (χ2v) is 11.8. The molecule has 0 aromatic heterocycles. The Morgan fingerprint density at radius 2 is 1.77 bits per heavy atom. The summed E-state index contributed by atoms with van der Waals surface area (Å²) in [7, 11) is -3.04. The molecule has 2 aromatic carbocycles. The summed E-state index contributed by atoms with van der Waals surface area (Å²) >= 11 is 0. The molecule has 9 nitrogen and oxygen atoms in total. The molecule has 0 bridgehead atoms. The van der Waals surface area contributed by atoms with Crippen LogP contribution < -0.4 is 9.84 Å². The molecule has 1 aliphatic heterocycles. The van der Waals surface area contributed by atoms with Gasteiger partial charge in [-0.2, -0.15) is 13.1 Å². The fourth-order valence-electron chi connectivity index (χ4n) is 4.52. The van der Waals surface area contributed by atoms with Gasteiger partial charge in [-0.15, -0.1) is 0 Å². The van der Waals surface area contributed by atoms with Gasteiger partial charge in [-0.3, -0.25) is 4.79 Å². The first-order chi connectivity index (χ1) is 18.4. The lowest BCUT2D eigenvalue weighted by Crippen LogP contribution is -2.61. The smallest absolute Gasteiger partial charge is 0.320 e. The fraction of sp³-hybridized carbons (Fsp3) is 0.481. The van der Waals surface area contributed by atoms with Crippen LogP contribution in [0.1, 0.15) is 25.8 Å². The number of carbonyl (C=O) groups excluding carboxylic acids is 2. The minimum absolute atomic E-state index is 0.0660. The van der Waals surface area contributed by atoms with E-state index >= 15 is 8.78 Å². The molecule has 1 saturated heterocycles. The number of sulfonamides is 1. The van der Waals surface area contributed by atoms with Crippen molar-refractivity contribution in [3.05, 3.63) is 60.2 Å². The van der Waals surface area contributed by atoms with Gasteiger partial charge in [-0.25, -0.2) is 8.42 Å². The van der Waals surface area contributed by atoms with Crippen LogP contribution in [0.3, 0.4) is 0 Å². The van der Waals surface area contributed by atoms with Crippen LogP contribution in [-0.2, 0) is 26.0 Å². The number of alkyl halides is 2. The Kier molecular flexibility index (Phi) is 10.0. The lowest BCUT2D eigenvalue weighted by molar-refractivity contribution is -0.270. The van der Waals surface area contributed by atoms with Crippen molar-refractivity contribution in [2.24, 2.45) is 5.92 Å². The van der Waals surface area contributed by atoms with Gasteiger partial charge in [-0.1, -0.05) is 44.2 Å². The van der Waals surface area contributed by atoms with Crippen LogP contribution >= 0.6 is 0 Å². The number of nitrogens with zero attached hydrogens (tertiary/aromatic N) is 2. The molecule has 0 radical (unpaired) electrons. The van der Waals surface area contributed by atoms with Crippen molar-refractivity contribution in [2.45, 2.75) is 49.6 Å². The molecular formula is C27H33F2N2O7S-. The summed E-state index contributed by atoms with van der Waals surface area (Å²) in [6, 6.07) is 10.8. The van der Waals surface area contributed by atoms with E-state index in [1.165, 1.54) is 31.4 Å². The van der Waals surface area contributed by atoms with Crippen LogP contribution in [0.2, 0.25) is 0 Å². The number of rotatable bonds is 13. The molecule has 2 atom stereocenters. The number of methoxy groups -OCH3 is 1. The van der Waals surface area contributed by atoms with Crippen LogP contribution in [0, 0.1) is 5.92 Å². The number of ether oxygens (including phenoxy) is 2. The van der Waals surface area contributed by atoms with Gasteiger partial charge in [0.05, 0.1) is 37.2 Å². The molecule has 1 heterocycles. The third-order valence-corrected chi connectivity index (χ3v) is 8.25. The van der Waals surface area contributed by atoms with Crippen molar-refractivity contribution in [3.8, 4) is 5.75 Å². The average Bonchev–Trinajstić information content (AvgIpc) is 3.42. The van der Waals surface area contributed by atoms with Gasteiger partial charge in [-0.05, 0) is 42.2 Å². The molecule has 1 fully saturated rings. The number of carboxylic acid groups (broad SMARTS) is 1. The summed E-state index contributed by atoms with van der Waals surface area (Å²) in [6.45, 7) is 1.72. The molecule has 0 spiro atoms. The van der Waals surface area contributed by atoms with Crippen molar-refractivity contribution in [3.63, 3.8) is 0 Å². The van der Waals surface area contributed by atoms with E-state index < -0.39 is 46.5 Å². The molecule has 1 amide bonds. The van der Waals surface area contributed by atoms with E-state index in [0.29, 0.717) is 20.5 Å². The van der Waals surface area contributed by atoms with Crippen LogP contribution in [0.15, 0.2) is 59.5 Å². The normalized spacial score (nSPS) is 16.8. The van der Waals surface area contributed by atoms with E-state index in [1.54, 1.807) is 44.2 Å². The SMILES string of the molecule is COc1ccc(S(=O)(=O)N(CC(C)C)CC(F)(F)C(=O)[C@@H](Cc2ccccc2)N(C(=O)[O-])[C@H]2CCOC2)cc1. The number of ketones is 1. The fourth-order valence-corrected chi connectivity index (χ4v) is 6.13. The van der Waals surface area contributed by atoms with Gasteiger partial charge in [0.1, 0.15) is 11.8 Å². The van der Waals surface area contributed by atoms with E-state index in [2.05, 4.69) is 0 Å². The first-order valence-corrected chi connectivity index (χ1v) is 14.0. The molecule has 0 N–H and O–H groups in total. The van der Waals surface area contributed by atoms with Gasteiger partial charge in [0.25, 0.3) is 0 Å². The summed E-state index contributed by atoms with van der Waals surface area (Å²) in [4.78, 5) is 26.0. The van der Waals surface area contributed by atoms with Crippen LogP contribution in [0.4, 0.5) is 13.6 Å². The zero-order valence-corrected chi connectivity index (χ0v) is 22.9. The molecule has 0 aliphatic carbocycles. The topological polar surface area (TPSA) is 116 Å². The number of halogens is 2. The largest absolute Gasteiger partial charge is 0.530 e. The zero-order valence-electron chi connectivity index (χ0n) is 22.1.